The smallest absolute Gasteiger partial charge is 0.0218 e. The van der Waals surface area contributed by atoms with Crippen LogP contribution in [0.5, 0.6) is 0 Å². The SMILES string of the molecule is Cc1cccc(CCC(C)NCC2CCCN2C)c1. The lowest BCUT2D eigenvalue weighted by Crippen LogP contribution is -2.39. The van der Waals surface area contributed by atoms with Crippen LogP contribution < -0.4 is 5.32 Å². The molecule has 2 heteroatoms. The highest BCUT2D eigenvalue weighted by molar-refractivity contribution is 5.22. The molecule has 1 saturated heterocycles. The molecule has 1 aromatic carbocycles. The first kappa shape index (κ1) is 14.5. The molecule has 0 bridgehead atoms. The van der Waals surface area contributed by atoms with Gasteiger partial charge in [0, 0.05) is 18.6 Å². The fraction of sp³-hybridized carbons (Fsp3) is 0.647. The average molecular weight is 260 g/mol. The van der Waals surface area contributed by atoms with Crippen molar-refractivity contribution in [2.45, 2.75) is 51.6 Å². The molecule has 0 amide bonds. The van der Waals surface area contributed by atoms with E-state index in [0.29, 0.717) is 6.04 Å². The van der Waals surface area contributed by atoms with Gasteiger partial charge in [0.2, 0.25) is 0 Å². The first-order valence-corrected chi connectivity index (χ1v) is 7.64. The predicted molar refractivity (Wildman–Crippen MR) is 82.6 cm³/mol. The van der Waals surface area contributed by atoms with Crippen molar-refractivity contribution in [1.82, 2.24) is 10.2 Å². The molecule has 0 spiro atoms. The lowest BCUT2D eigenvalue weighted by molar-refractivity contribution is 0.291. The summed E-state index contributed by atoms with van der Waals surface area (Å²) < 4.78 is 0. The Bertz CT molecular complexity index is 389. The minimum absolute atomic E-state index is 0.606. The van der Waals surface area contributed by atoms with Gasteiger partial charge in [-0.2, -0.15) is 0 Å². The van der Waals surface area contributed by atoms with E-state index in [9.17, 15) is 0 Å². The van der Waals surface area contributed by atoms with Crippen LogP contribution in [-0.2, 0) is 6.42 Å². The van der Waals surface area contributed by atoms with Crippen LogP contribution in [0.4, 0.5) is 0 Å². The van der Waals surface area contributed by atoms with Crippen LogP contribution in [0.3, 0.4) is 0 Å². The molecule has 1 fully saturated rings. The van der Waals surface area contributed by atoms with Crippen molar-refractivity contribution >= 4 is 0 Å². The summed E-state index contributed by atoms with van der Waals surface area (Å²) >= 11 is 0. The Morgan fingerprint density at radius 1 is 1.42 bits per heavy atom. The third kappa shape index (κ3) is 4.63. The quantitative estimate of drug-likeness (QED) is 0.846. The Kier molecular flexibility index (Phi) is 5.41. The maximum absolute atomic E-state index is 3.70. The van der Waals surface area contributed by atoms with Crippen LogP contribution in [-0.4, -0.2) is 37.1 Å². The van der Waals surface area contributed by atoms with E-state index in [2.05, 4.69) is 55.4 Å². The van der Waals surface area contributed by atoms with Gasteiger partial charge in [-0.25, -0.2) is 0 Å². The molecule has 2 atom stereocenters. The number of nitrogens with one attached hydrogen (secondary N) is 1. The van der Waals surface area contributed by atoms with E-state index in [4.69, 9.17) is 0 Å². The number of nitrogens with zero attached hydrogens (tertiary/aromatic N) is 1. The summed E-state index contributed by atoms with van der Waals surface area (Å²) in [5.41, 5.74) is 2.83. The lowest BCUT2D eigenvalue weighted by atomic mass is 10.0. The molecule has 0 radical (unpaired) electrons. The molecule has 1 N–H and O–H groups in total. The standard InChI is InChI=1S/C17H28N2/c1-14-6-4-7-16(12-14)10-9-15(2)18-13-17-8-5-11-19(17)3/h4,6-7,12,15,17-18H,5,8-11,13H2,1-3H3. The van der Waals surface area contributed by atoms with Gasteiger partial charge in [0.15, 0.2) is 0 Å². The molecule has 2 nitrogen and oxygen atoms in total. The normalized spacial score (nSPS) is 21.7. The third-order valence-corrected chi connectivity index (χ3v) is 4.32. The van der Waals surface area contributed by atoms with E-state index in [-0.39, 0.29) is 0 Å². The summed E-state index contributed by atoms with van der Waals surface area (Å²) in [6.07, 6.45) is 5.12. The Labute approximate surface area is 118 Å². The van der Waals surface area contributed by atoms with Gasteiger partial charge in [-0.1, -0.05) is 29.8 Å². The van der Waals surface area contributed by atoms with Gasteiger partial charge in [-0.3, -0.25) is 0 Å². The number of hydrogen-bond acceptors (Lipinski definition) is 2. The fourth-order valence-electron chi connectivity index (χ4n) is 2.93. The maximum Gasteiger partial charge on any atom is 0.0218 e. The van der Waals surface area contributed by atoms with E-state index >= 15 is 0 Å². The first-order chi connectivity index (χ1) is 9.15. The van der Waals surface area contributed by atoms with Crippen LogP contribution in [0.15, 0.2) is 24.3 Å². The molecular formula is C17H28N2. The molecule has 1 aromatic rings. The van der Waals surface area contributed by atoms with Crippen molar-refractivity contribution in [2.24, 2.45) is 0 Å². The highest BCUT2D eigenvalue weighted by atomic mass is 15.2. The zero-order chi connectivity index (χ0) is 13.7. The van der Waals surface area contributed by atoms with Gasteiger partial charge in [0.25, 0.3) is 0 Å². The number of rotatable bonds is 6. The number of hydrogen-bond donors (Lipinski definition) is 1. The minimum Gasteiger partial charge on any atom is -0.313 e. The molecule has 1 aliphatic heterocycles. The Morgan fingerprint density at radius 3 is 2.95 bits per heavy atom. The van der Waals surface area contributed by atoms with E-state index in [1.165, 1.54) is 43.4 Å². The second-order valence-electron chi connectivity index (χ2n) is 6.11. The fourth-order valence-corrected chi connectivity index (χ4v) is 2.93. The summed E-state index contributed by atoms with van der Waals surface area (Å²) in [5.74, 6) is 0. The molecule has 106 valence electrons. The topological polar surface area (TPSA) is 15.3 Å². The highest BCUT2D eigenvalue weighted by Gasteiger charge is 2.20. The van der Waals surface area contributed by atoms with Crippen LogP contribution >= 0.6 is 0 Å². The van der Waals surface area contributed by atoms with Crippen molar-refractivity contribution in [3.8, 4) is 0 Å². The number of aryl methyl sites for hydroxylation is 2. The average Bonchev–Trinajstić information content (AvgIpc) is 2.80. The molecule has 1 aliphatic rings. The maximum atomic E-state index is 3.70. The van der Waals surface area contributed by atoms with Crippen LogP contribution in [0, 0.1) is 6.92 Å². The summed E-state index contributed by atoms with van der Waals surface area (Å²) in [7, 11) is 2.25. The molecule has 19 heavy (non-hydrogen) atoms. The largest absolute Gasteiger partial charge is 0.313 e. The molecular weight excluding hydrogens is 232 g/mol. The Morgan fingerprint density at radius 2 is 2.26 bits per heavy atom. The number of benzene rings is 1. The van der Waals surface area contributed by atoms with E-state index in [1.807, 2.05) is 0 Å². The second kappa shape index (κ2) is 7.06. The van der Waals surface area contributed by atoms with E-state index < -0.39 is 0 Å². The zero-order valence-corrected chi connectivity index (χ0v) is 12.7. The number of likely N-dealkylation sites (tertiary alicyclic amines) is 1. The van der Waals surface area contributed by atoms with Crippen LogP contribution in [0.2, 0.25) is 0 Å². The van der Waals surface area contributed by atoms with Crippen molar-refractivity contribution in [3.63, 3.8) is 0 Å². The minimum atomic E-state index is 0.606. The van der Waals surface area contributed by atoms with Crippen molar-refractivity contribution in [2.75, 3.05) is 20.1 Å². The summed E-state index contributed by atoms with van der Waals surface area (Å²) in [4.78, 5) is 2.49. The Balaban J connectivity index is 1.68. The van der Waals surface area contributed by atoms with Gasteiger partial charge in [-0.15, -0.1) is 0 Å². The summed E-state index contributed by atoms with van der Waals surface area (Å²) in [5, 5.41) is 3.70. The van der Waals surface area contributed by atoms with Crippen LogP contribution in [0.1, 0.15) is 37.3 Å². The Hall–Kier alpha value is -0.860. The predicted octanol–water partition coefficient (Wildman–Crippen LogP) is 3.00. The third-order valence-electron chi connectivity index (χ3n) is 4.32. The monoisotopic (exact) mass is 260 g/mol. The highest BCUT2D eigenvalue weighted by Crippen LogP contribution is 2.14. The molecule has 2 unspecified atom stereocenters. The second-order valence-corrected chi connectivity index (χ2v) is 6.11. The van der Waals surface area contributed by atoms with Crippen LogP contribution in [0.25, 0.3) is 0 Å². The number of likely N-dealkylation sites (N-methyl/N-ethyl adjacent to an activating group) is 1. The van der Waals surface area contributed by atoms with E-state index in [0.717, 1.165) is 12.6 Å². The van der Waals surface area contributed by atoms with Gasteiger partial charge >= 0.3 is 0 Å². The first-order valence-electron chi connectivity index (χ1n) is 7.64. The van der Waals surface area contributed by atoms with Gasteiger partial charge in [0.05, 0.1) is 0 Å². The molecule has 0 aliphatic carbocycles. The molecule has 0 saturated carbocycles. The van der Waals surface area contributed by atoms with Crippen molar-refractivity contribution < 1.29 is 0 Å². The van der Waals surface area contributed by atoms with Crippen molar-refractivity contribution in [1.29, 1.82) is 0 Å². The molecule has 0 aromatic heterocycles. The van der Waals surface area contributed by atoms with E-state index in [1.54, 1.807) is 0 Å². The van der Waals surface area contributed by atoms with Gasteiger partial charge < -0.3 is 10.2 Å². The summed E-state index contributed by atoms with van der Waals surface area (Å²) in [6.45, 7) is 6.89. The van der Waals surface area contributed by atoms with Crippen molar-refractivity contribution in [3.05, 3.63) is 35.4 Å². The summed E-state index contributed by atoms with van der Waals surface area (Å²) in [6, 6.07) is 10.2. The lowest BCUT2D eigenvalue weighted by Gasteiger charge is -2.22. The van der Waals surface area contributed by atoms with Gasteiger partial charge in [0.1, 0.15) is 0 Å². The zero-order valence-electron chi connectivity index (χ0n) is 12.7. The molecule has 1 heterocycles. The van der Waals surface area contributed by atoms with Gasteiger partial charge in [-0.05, 0) is 58.7 Å². The molecule has 2 rings (SSSR count).